The molecule has 0 aromatic heterocycles. The average molecular weight is 406 g/mol. The predicted molar refractivity (Wildman–Crippen MR) is 91.2 cm³/mol. The lowest BCUT2D eigenvalue weighted by atomic mass is 10.1. The van der Waals surface area contributed by atoms with Gasteiger partial charge in [-0.2, -0.15) is 26.3 Å². The van der Waals surface area contributed by atoms with Crippen LogP contribution in [-0.4, -0.2) is 19.1 Å². The lowest BCUT2D eigenvalue weighted by Gasteiger charge is -2.16. The molecule has 0 aliphatic heterocycles. The first-order chi connectivity index (χ1) is 13.0. The molecule has 28 heavy (non-hydrogen) atoms. The van der Waals surface area contributed by atoms with Gasteiger partial charge in [0.1, 0.15) is 5.75 Å². The van der Waals surface area contributed by atoms with Crippen molar-refractivity contribution in [2.45, 2.75) is 19.3 Å². The Kier molecular flexibility index (Phi) is 6.42. The molecule has 0 atom stereocenters. The van der Waals surface area contributed by atoms with E-state index in [1.165, 1.54) is 12.1 Å². The van der Waals surface area contributed by atoms with Crippen molar-refractivity contribution in [3.8, 4) is 5.75 Å². The molecule has 4 nitrogen and oxygen atoms in total. The first-order valence-corrected chi connectivity index (χ1v) is 8.06. The number of benzene rings is 2. The van der Waals surface area contributed by atoms with E-state index in [1.807, 2.05) is 0 Å². The van der Waals surface area contributed by atoms with Crippen molar-refractivity contribution in [2.24, 2.45) is 0 Å². The maximum atomic E-state index is 13.0. The lowest BCUT2D eigenvalue weighted by Crippen LogP contribution is -2.24. The highest BCUT2D eigenvalue weighted by molar-refractivity contribution is 5.94. The van der Waals surface area contributed by atoms with Crippen LogP contribution in [0, 0.1) is 0 Å². The van der Waals surface area contributed by atoms with E-state index in [-0.39, 0.29) is 18.0 Å². The molecule has 0 bridgehead atoms. The Labute approximate surface area is 156 Å². The molecule has 0 aliphatic carbocycles. The van der Waals surface area contributed by atoms with Crippen LogP contribution in [0.3, 0.4) is 0 Å². The summed E-state index contributed by atoms with van der Waals surface area (Å²) in [4.78, 5) is 12.0. The van der Waals surface area contributed by atoms with Crippen molar-refractivity contribution < 1.29 is 35.9 Å². The second-order valence-corrected chi connectivity index (χ2v) is 5.59. The van der Waals surface area contributed by atoms with E-state index in [1.54, 1.807) is 6.92 Å². The summed E-state index contributed by atoms with van der Waals surface area (Å²) in [6.07, 6.45) is -9.27. The molecule has 0 saturated heterocycles. The molecule has 0 heterocycles. The zero-order valence-corrected chi connectivity index (χ0v) is 14.5. The van der Waals surface area contributed by atoms with Crippen LogP contribution in [-0.2, 0) is 17.1 Å². The van der Waals surface area contributed by atoms with Crippen LogP contribution in [0.4, 0.5) is 37.7 Å². The number of para-hydroxylation sites is 1. The molecular weight excluding hydrogens is 390 g/mol. The molecule has 2 rings (SSSR count). The summed E-state index contributed by atoms with van der Waals surface area (Å²) < 4.78 is 82.7. The second-order valence-electron chi connectivity index (χ2n) is 5.59. The number of rotatable bonds is 6. The summed E-state index contributed by atoms with van der Waals surface area (Å²) in [5.41, 5.74) is -2.54. The topological polar surface area (TPSA) is 50.4 Å². The molecule has 1 amide bonds. The third-order valence-electron chi connectivity index (χ3n) is 3.55. The van der Waals surface area contributed by atoms with Crippen LogP contribution < -0.4 is 15.4 Å². The number of hydrogen-bond acceptors (Lipinski definition) is 3. The van der Waals surface area contributed by atoms with E-state index in [0.717, 1.165) is 30.3 Å². The van der Waals surface area contributed by atoms with Gasteiger partial charge in [-0.1, -0.05) is 12.1 Å². The third kappa shape index (κ3) is 5.54. The van der Waals surface area contributed by atoms with E-state index in [2.05, 4.69) is 10.6 Å². The Morgan fingerprint density at radius 1 is 0.964 bits per heavy atom. The number of halogens is 6. The van der Waals surface area contributed by atoms with Gasteiger partial charge in [-0.3, -0.25) is 4.79 Å². The molecule has 0 unspecified atom stereocenters. The number of hydrogen-bond donors (Lipinski definition) is 2. The molecule has 0 radical (unpaired) electrons. The smallest absolute Gasteiger partial charge is 0.418 e. The zero-order valence-electron chi connectivity index (χ0n) is 14.5. The fourth-order valence-electron chi connectivity index (χ4n) is 2.34. The molecule has 2 N–H and O–H groups in total. The molecule has 0 saturated carbocycles. The Balaban J connectivity index is 2.15. The van der Waals surface area contributed by atoms with E-state index >= 15 is 0 Å². The summed E-state index contributed by atoms with van der Waals surface area (Å²) in [5, 5.41) is 4.57. The molecule has 2 aromatic carbocycles. The second kappa shape index (κ2) is 8.41. The minimum Gasteiger partial charge on any atom is -0.492 e. The lowest BCUT2D eigenvalue weighted by molar-refractivity contribution is -0.138. The number of alkyl halides is 6. The predicted octanol–water partition coefficient (Wildman–Crippen LogP) is 5.17. The quantitative estimate of drug-likeness (QED) is 0.651. The monoisotopic (exact) mass is 406 g/mol. The van der Waals surface area contributed by atoms with Crippen molar-refractivity contribution in [3.63, 3.8) is 0 Å². The summed E-state index contributed by atoms with van der Waals surface area (Å²) in [5.74, 6) is -0.782. The molecular formula is C18H16F6N2O2. The third-order valence-corrected chi connectivity index (χ3v) is 3.55. The van der Waals surface area contributed by atoms with Crippen molar-refractivity contribution in [1.29, 1.82) is 0 Å². The Hall–Kier alpha value is -2.91. The van der Waals surface area contributed by atoms with Crippen LogP contribution in [0.2, 0.25) is 0 Å². The van der Waals surface area contributed by atoms with Crippen molar-refractivity contribution in [2.75, 3.05) is 23.8 Å². The van der Waals surface area contributed by atoms with Crippen molar-refractivity contribution >= 4 is 17.3 Å². The molecule has 2 aromatic rings. The van der Waals surface area contributed by atoms with E-state index in [9.17, 15) is 31.1 Å². The normalized spacial score (nSPS) is 11.8. The average Bonchev–Trinajstić information content (AvgIpc) is 2.59. The minimum absolute atomic E-state index is 0.0824. The van der Waals surface area contributed by atoms with Crippen LogP contribution in [0.5, 0.6) is 5.75 Å². The van der Waals surface area contributed by atoms with Gasteiger partial charge in [-0.15, -0.1) is 0 Å². The van der Waals surface area contributed by atoms with Gasteiger partial charge < -0.3 is 15.4 Å². The largest absolute Gasteiger partial charge is 0.492 e. The summed E-state index contributed by atoms with van der Waals surface area (Å²) in [6, 6.07) is 7.08. The van der Waals surface area contributed by atoms with E-state index in [0.29, 0.717) is 0 Å². The fourth-order valence-corrected chi connectivity index (χ4v) is 2.34. The number of anilines is 2. The van der Waals surface area contributed by atoms with Crippen molar-refractivity contribution in [3.05, 3.63) is 53.6 Å². The number of amides is 1. The molecule has 152 valence electrons. The van der Waals surface area contributed by atoms with Crippen LogP contribution in [0.25, 0.3) is 0 Å². The SMILES string of the molecule is CCOc1ccc(C(F)(F)F)cc1NCC(=O)Nc1ccccc1C(F)(F)F. The Morgan fingerprint density at radius 2 is 1.64 bits per heavy atom. The van der Waals surface area contributed by atoms with Crippen LogP contribution >= 0.6 is 0 Å². The summed E-state index contributed by atoms with van der Waals surface area (Å²) in [6.45, 7) is 1.24. The van der Waals surface area contributed by atoms with Gasteiger partial charge in [0, 0.05) is 0 Å². The molecule has 0 aliphatic rings. The highest BCUT2D eigenvalue weighted by atomic mass is 19.4. The van der Waals surface area contributed by atoms with Crippen LogP contribution in [0.15, 0.2) is 42.5 Å². The van der Waals surface area contributed by atoms with Gasteiger partial charge in [-0.25, -0.2) is 0 Å². The molecule has 10 heteroatoms. The highest BCUT2D eigenvalue weighted by Crippen LogP contribution is 2.36. The maximum absolute atomic E-state index is 13.0. The number of ether oxygens (including phenoxy) is 1. The minimum atomic E-state index is -4.67. The maximum Gasteiger partial charge on any atom is 0.418 e. The van der Waals surface area contributed by atoms with Crippen molar-refractivity contribution in [1.82, 2.24) is 0 Å². The van der Waals surface area contributed by atoms with Gasteiger partial charge >= 0.3 is 12.4 Å². The van der Waals surface area contributed by atoms with E-state index in [4.69, 9.17) is 4.74 Å². The van der Waals surface area contributed by atoms with Gasteiger partial charge in [0.05, 0.1) is 35.7 Å². The zero-order chi connectivity index (χ0) is 20.9. The summed E-state index contributed by atoms with van der Waals surface area (Å²) in [7, 11) is 0. The van der Waals surface area contributed by atoms with Gasteiger partial charge in [0.15, 0.2) is 0 Å². The first-order valence-electron chi connectivity index (χ1n) is 8.06. The van der Waals surface area contributed by atoms with E-state index < -0.39 is 41.6 Å². The number of nitrogens with one attached hydrogen (secondary N) is 2. The molecule has 0 spiro atoms. The van der Waals surface area contributed by atoms with Gasteiger partial charge in [0.25, 0.3) is 0 Å². The van der Waals surface area contributed by atoms with Gasteiger partial charge in [-0.05, 0) is 37.3 Å². The number of carbonyl (C=O) groups is 1. The van der Waals surface area contributed by atoms with Crippen LogP contribution in [0.1, 0.15) is 18.1 Å². The highest BCUT2D eigenvalue weighted by Gasteiger charge is 2.34. The first kappa shape index (κ1) is 21.4. The molecule has 0 fully saturated rings. The summed E-state index contributed by atoms with van der Waals surface area (Å²) >= 11 is 0. The number of carbonyl (C=O) groups excluding carboxylic acids is 1. The fraction of sp³-hybridized carbons (Fsp3) is 0.278. The van der Waals surface area contributed by atoms with Gasteiger partial charge in [0.2, 0.25) is 5.91 Å². The Morgan fingerprint density at radius 3 is 2.25 bits per heavy atom. The standard InChI is InChI=1S/C18H16F6N2O2/c1-2-28-15-8-7-11(17(19,20)21)9-14(15)25-10-16(27)26-13-6-4-3-5-12(13)18(22,23)24/h3-9,25H,2,10H2,1H3,(H,26,27). The Bertz CT molecular complexity index is 834.